The first-order chi connectivity index (χ1) is 9.55. The van der Waals surface area contributed by atoms with Crippen molar-refractivity contribution in [3.8, 4) is 5.75 Å². The number of alkyl carbamates (subject to hydrolysis) is 1. The van der Waals surface area contributed by atoms with E-state index in [2.05, 4.69) is 10.1 Å². The molecule has 1 aromatic rings. The molecule has 0 fully saturated rings. The molecule has 0 saturated carbocycles. The third-order valence-electron chi connectivity index (χ3n) is 2.59. The van der Waals surface area contributed by atoms with Crippen LogP contribution in [0.4, 0.5) is 4.79 Å². The van der Waals surface area contributed by atoms with E-state index in [0.29, 0.717) is 0 Å². The SMILES string of the molecule is COC(=O)C[C@@H](C)NC(=O)OCc1ccc(OC)cc1. The predicted molar refractivity (Wildman–Crippen MR) is 72.4 cm³/mol. The third-order valence-corrected chi connectivity index (χ3v) is 2.59. The molecule has 0 radical (unpaired) electrons. The molecule has 6 heteroatoms. The van der Waals surface area contributed by atoms with Crippen LogP contribution in [0.1, 0.15) is 18.9 Å². The van der Waals surface area contributed by atoms with E-state index in [1.165, 1.54) is 7.11 Å². The molecule has 0 unspecified atom stereocenters. The Morgan fingerprint density at radius 1 is 1.20 bits per heavy atom. The minimum atomic E-state index is -0.572. The first-order valence-corrected chi connectivity index (χ1v) is 6.18. The number of ether oxygens (including phenoxy) is 3. The van der Waals surface area contributed by atoms with E-state index >= 15 is 0 Å². The second-order valence-electron chi connectivity index (χ2n) is 4.25. The Morgan fingerprint density at radius 2 is 1.85 bits per heavy atom. The Bertz CT molecular complexity index is 443. The predicted octanol–water partition coefficient (Wildman–Crippen LogP) is 1.87. The van der Waals surface area contributed by atoms with Crippen LogP contribution in [-0.2, 0) is 20.9 Å². The van der Waals surface area contributed by atoms with Crippen LogP contribution in [0.2, 0.25) is 0 Å². The molecule has 0 spiro atoms. The molecule has 1 atom stereocenters. The standard InChI is InChI=1S/C14H19NO5/c1-10(8-13(16)19-3)15-14(17)20-9-11-4-6-12(18-2)7-5-11/h4-7,10H,8-9H2,1-3H3,(H,15,17)/t10-/m1/s1. The van der Waals surface area contributed by atoms with Crippen molar-refractivity contribution in [1.82, 2.24) is 5.32 Å². The third kappa shape index (κ3) is 5.60. The Hall–Kier alpha value is -2.24. The van der Waals surface area contributed by atoms with E-state index in [1.54, 1.807) is 26.2 Å². The number of methoxy groups -OCH3 is 2. The highest BCUT2D eigenvalue weighted by molar-refractivity contribution is 5.72. The Kier molecular flexibility index (Phi) is 6.36. The number of hydrogen-bond donors (Lipinski definition) is 1. The van der Waals surface area contributed by atoms with Gasteiger partial charge in [0.1, 0.15) is 12.4 Å². The van der Waals surface area contributed by atoms with Gasteiger partial charge in [-0.3, -0.25) is 4.79 Å². The Labute approximate surface area is 118 Å². The summed E-state index contributed by atoms with van der Waals surface area (Å²) in [5.41, 5.74) is 0.849. The van der Waals surface area contributed by atoms with Crippen molar-refractivity contribution >= 4 is 12.1 Å². The van der Waals surface area contributed by atoms with E-state index in [-0.39, 0.29) is 25.0 Å². The molecule has 1 N–H and O–H groups in total. The van der Waals surface area contributed by atoms with Gasteiger partial charge in [-0.15, -0.1) is 0 Å². The van der Waals surface area contributed by atoms with Gasteiger partial charge in [-0.25, -0.2) is 4.79 Å². The molecule has 20 heavy (non-hydrogen) atoms. The van der Waals surface area contributed by atoms with Crippen molar-refractivity contribution < 1.29 is 23.8 Å². The lowest BCUT2D eigenvalue weighted by Gasteiger charge is -2.12. The molecule has 0 aliphatic rings. The molecule has 0 aliphatic heterocycles. The second-order valence-corrected chi connectivity index (χ2v) is 4.25. The smallest absolute Gasteiger partial charge is 0.407 e. The molecule has 110 valence electrons. The number of hydrogen-bond acceptors (Lipinski definition) is 5. The van der Waals surface area contributed by atoms with Gasteiger partial charge in [-0.2, -0.15) is 0 Å². The lowest BCUT2D eigenvalue weighted by molar-refractivity contribution is -0.141. The van der Waals surface area contributed by atoms with Crippen LogP contribution in [0.15, 0.2) is 24.3 Å². The molecular formula is C14H19NO5. The summed E-state index contributed by atoms with van der Waals surface area (Å²) in [5, 5.41) is 2.55. The van der Waals surface area contributed by atoms with Crippen molar-refractivity contribution in [3.63, 3.8) is 0 Å². The van der Waals surface area contributed by atoms with Crippen LogP contribution in [0.5, 0.6) is 5.75 Å². The van der Waals surface area contributed by atoms with Crippen LogP contribution in [-0.4, -0.2) is 32.3 Å². The molecule has 1 amide bonds. The minimum absolute atomic E-state index is 0.105. The highest BCUT2D eigenvalue weighted by atomic mass is 16.5. The molecule has 0 heterocycles. The zero-order valence-corrected chi connectivity index (χ0v) is 11.8. The average Bonchev–Trinajstić information content (AvgIpc) is 2.45. The van der Waals surface area contributed by atoms with Crippen LogP contribution in [0, 0.1) is 0 Å². The molecule has 1 aromatic carbocycles. The molecule has 0 aliphatic carbocycles. The highest BCUT2D eigenvalue weighted by Crippen LogP contribution is 2.11. The van der Waals surface area contributed by atoms with Gasteiger partial charge in [0.25, 0.3) is 0 Å². The van der Waals surface area contributed by atoms with Crippen molar-refractivity contribution in [2.24, 2.45) is 0 Å². The largest absolute Gasteiger partial charge is 0.497 e. The lowest BCUT2D eigenvalue weighted by atomic mass is 10.2. The van der Waals surface area contributed by atoms with Gasteiger partial charge >= 0.3 is 12.1 Å². The molecule has 0 bridgehead atoms. The molecule has 1 rings (SSSR count). The van der Waals surface area contributed by atoms with Crippen LogP contribution in [0.25, 0.3) is 0 Å². The summed E-state index contributed by atoms with van der Waals surface area (Å²) in [6, 6.07) is 6.85. The molecule has 0 aromatic heterocycles. The van der Waals surface area contributed by atoms with Gasteiger partial charge in [0.05, 0.1) is 20.6 Å². The maximum Gasteiger partial charge on any atom is 0.407 e. The second kappa shape index (κ2) is 8.04. The number of esters is 1. The van der Waals surface area contributed by atoms with Crippen LogP contribution in [0.3, 0.4) is 0 Å². The van der Waals surface area contributed by atoms with Gasteiger partial charge in [-0.1, -0.05) is 12.1 Å². The van der Waals surface area contributed by atoms with Crippen molar-refractivity contribution in [3.05, 3.63) is 29.8 Å². The van der Waals surface area contributed by atoms with Crippen LogP contribution >= 0.6 is 0 Å². The summed E-state index contributed by atoms with van der Waals surface area (Å²) in [5.74, 6) is 0.359. The number of rotatable bonds is 6. The monoisotopic (exact) mass is 281 g/mol. The first kappa shape index (κ1) is 15.8. The molecule has 0 saturated heterocycles. The van der Waals surface area contributed by atoms with E-state index < -0.39 is 6.09 Å². The fraction of sp³-hybridized carbons (Fsp3) is 0.429. The van der Waals surface area contributed by atoms with Gasteiger partial charge in [0.15, 0.2) is 0 Å². The van der Waals surface area contributed by atoms with E-state index in [0.717, 1.165) is 11.3 Å². The fourth-order valence-electron chi connectivity index (χ4n) is 1.50. The van der Waals surface area contributed by atoms with Crippen molar-refractivity contribution in [2.75, 3.05) is 14.2 Å². The maximum atomic E-state index is 11.5. The van der Waals surface area contributed by atoms with E-state index in [9.17, 15) is 9.59 Å². The fourth-order valence-corrected chi connectivity index (χ4v) is 1.50. The highest BCUT2D eigenvalue weighted by Gasteiger charge is 2.12. The summed E-state index contributed by atoms with van der Waals surface area (Å²) in [7, 11) is 2.89. The Morgan fingerprint density at radius 3 is 2.40 bits per heavy atom. The zero-order chi connectivity index (χ0) is 15.0. The summed E-state index contributed by atoms with van der Waals surface area (Å²) >= 11 is 0. The first-order valence-electron chi connectivity index (χ1n) is 6.18. The summed E-state index contributed by atoms with van der Waals surface area (Å²) in [6.07, 6.45) is -0.467. The lowest BCUT2D eigenvalue weighted by Crippen LogP contribution is -2.34. The van der Waals surface area contributed by atoms with E-state index in [4.69, 9.17) is 9.47 Å². The van der Waals surface area contributed by atoms with E-state index in [1.807, 2.05) is 12.1 Å². The normalized spacial score (nSPS) is 11.3. The van der Waals surface area contributed by atoms with Gasteiger partial charge in [0, 0.05) is 6.04 Å². The number of carbonyl (C=O) groups is 2. The average molecular weight is 281 g/mol. The summed E-state index contributed by atoms with van der Waals surface area (Å²) < 4.78 is 14.6. The quantitative estimate of drug-likeness (QED) is 0.806. The van der Waals surface area contributed by atoms with Gasteiger partial charge < -0.3 is 19.5 Å². The summed E-state index contributed by atoms with van der Waals surface area (Å²) in [6.45, 7) is 1.85. The Balaban J connectivity index is 2.33. The van der Waals surface area contributed by atoms with Gasteiger partial charge in [-0.05, 0) is 24.6 Å². The number of nitrogens with one attached hydrogen (secondary N) is 1. The van der Waals surface area contributed by atoms with Crippen molar-refractivity contribution in [1.29, 1.82) is 0 Å². The number of benzene rings is 1. The van der Waals surface area contributed by atoms with Crippen LogP contribution < -0.4 is 10.1 Å². The molecular weight excluding hydrogens is 262 g/mol. The maximum absolute atomic E-state index is 11.5. The van der Waals surface area contributed by atoms with Gasteiger partial charge in [0.2, 0.25) is 0 Å². The zero-order valence-electron chi connectivity index (χ0n) is 11.8. The minimum Gasteiger partial charge on any atom is -0.497 e. The number of carbonyl (C=O) groups excluding carboxylic acids is 2. The number of amides is 1. The van der Waals surface area contributed by atoms with Crippen molar-refractivity contribution in [2.45, 2.75) is 26.0 Å². The molecule has 6 nitrogen and oxygen atoms in total. The topological polar surface area (TPSA) is 73.9 Å². The summed E-state index contributed by atoms with van der Waals surface area (Å²) in [4.78, 5) is 22.5.